The van der Waals surface area contributed by atoms with E-state index >= 15 is 0 Å². The second-order valence-corrected chi connectivity index (χ2v) is 7.92. The van der Waals surface area contributed by atoms with Gasteiger partial charge in [-0.2, -0.15) is 5.26 Å². The predicted octanol–water partition coefficient (Wildman–Crippen LogP) is 4.42. The van der Waals surface area contributed by atoms with Gasteiger partial charge in [0, 0.05) is 19.2 Å². The van der Waals surface area contributed by atoms with Crippen LogP contribution in [0.25, 0.3) is 0 Å². The summed E-state index contributed by atoms with van der Waals surface area (Å²) in [5, 5.41) is 9.12. The Morgan fingerprint density at radius 3 is 2.57 bits per heavy atom. The second kappa shape index (κ2) is 10.9. The van der Waals surface area contributed by atoms with Gasteiger partial charge in [0.15, 0.2) is 18.1 Å². The van der Waals surface area contributed by atoms with Gasteiger partial charge in [-0.3, -0.25) is 4.79 Å². The first-order valence-corrected chi connectivity index (χ1v) is 10.8. The molecule has 158 valence electrons. The third kappa shape index (κ3) is 5.90. The Balaban J connectivity index is 1.49. The number of hydrogen-bond donors (Lipinski definition) is 0. The van der Waals surface area contributed by atoms with Crippen molar-refractivity contribution in [3.8, 4) is 23.3 Å². The maximum Gasteiger partial charge on any atom is 0.260 e. The van der Waals surface area contributed by atoms with Crippen molar-refractivity contribution in [1.82, 2.24) is 4.90 Å². The van der Waals surface area contributed by atoms with Crippen LogP contribution in [-0.4, -0.2) is 43.7 Å². The molecule has 0 spiro atoms. The topological polar surface area (TPSA) is 71.8 Å². The van der Waals surface area contributed by atoms with Gasteiger partial charge in [0.2, 0.25) is 0 Å². The van der Waals surface area contributed by atoms with Crippen LogP contribution in [0.3, 0.4) is 0 Å². The standard InChI is InChI=1S/C23H25BrN2O4/c1-2-28-21-13-18(14-25)12-20(24)23(21)30-16-22(27)26-10-8-17(9-11-26)15-29-19-6-4-3-5-7-19/h3-7,12-13,17H,2,8-11,15-16H2,1H3. The van der Waals surface area contributed by atoms with Crippen LogP contribution >= 0.6 is 15.9 Å². The van der Waals surface area contributed by atoms with Crippen LogP contribution < -0.4 is 14.2 Å². The van der Waals surface area contributed by atoms with Gasteiger partial charge in [-0.1, -0.05) is 18.2 Å². The Kier molecular flexibility index (Phi) is 7.97. The molecule has 3 rings (SSSR count). The number of para-hydroxylation sites is 1. The summed E-state index contributed by atoms with van der Waals surface area (Å²) in [5.74, 6) is 2.15. The summed E-state index contributed by atoms with van der Waals surface area (Å²) >= 11 is 3.40. The van der Waals surface area contributed by atoms with E-state index in [0.29, 0.717) is 53.8 Å². The summed E-state index contributed by atoms with van der Waals surface area (Å²) in [6.45, 7) is 4.27. The van der Waals surface area contributed by atoms with Gasteiger partial charge < -0.3 is 19.1 Å². The molecule has 0 aromatic heterocycles. The van der Waals surface area contributed by atoms with E-state index in [4.69, 9.17) is 19.5 Å². The molecule has 30 heavy (non-hydrogen) atoms. The zero-order valence-corrected chi connectivity index (χ0v) is 18.6. The Morgan fingerprint density at radius 1 is 1.17 bits per heavy atom. The van der Waals surface area contributed by atoms with Crippen LogP contribution in [0.4, 0.5) is 0 Å². The summed E-state index contributed by atoms with van der Waals surface area (Å²) in [6, 6.07) is 15.1. The van der Waals surface area contributed by atoms with Crippen LogP contribution in [0.2, 0.25) is 0 Å². The minimum atomic E-state index is -0.0737. The molecule has 1 aliphatic heterocycles. The molecule has 2 aromatic carbocycles. The maximum atomic E-state index is 12.6. The van der Waals surface area contributed by atoms with Crippen molar-refractivity contribution in [2.45, 2.75) is 19.8 Å². The lowest BCUT2D eigenvalue weighted by Crippen LogP contribution is -2.42. The smallest absolute Gasteiger partial charge is 0.260 e. The van der Waals surface area contributed by atoms with Crippen LogP contribution in [0.1, 0.15) is 25.3 Å². The number of hydrogen-bond acceptors (Lipinski definition) is 5. The van der Waals surface area contributed by atoms with Crippen molar-refractivity contribution in [3.63, 3.8) is 0 Å². The first-order valence-electron chi connectivity index (χ1n) is 10.1. The normalized spacial score (nSPS) is 14.1. The molecule has 7 heteroatoms. The van der Waals surface area contributed by atoms with Crippen LogP contribution in [-0.2, 0) is 4.79 Å². The molecule has 0 atom stereocenters. The van der Waals surface area contributed by atoms with Crippen molar-refractivity contribution >= 4 is 21.8 Å². The van der Waals surface area contributed by atoms with Gasteiger partial charge in [0.25, 0.3) is 5.91 Å². The van der Waals surface area contributed by atoms with E-state index in [-0.39, 0.29) is 12.5 Å². The van der Waals surface area contributed by atoms with E-state index < -0.39 is 0 Å². The quantitative estimate of drug-likeness (QED) is 0.568. The zero-order chi connectivity index (χ0) is 21.3. The average Bonchev–Trinajstić information content (AvgIpc) is 2.78. The second-order valence-electron chi connectivity index (χ2n) is 7.07. The molecule has 1 saturated heterocycles. The fraction of sp³-hybridized carbons (Fsp3) is 0.391. The highest BCUT2D eigenvalue weighted by atomic mass is 79.9. The molecule has 1 amide bonds. The molecule has 0 bridgehead atoms. The molecule has 0 saturated carbocycles. The molecule has 0 aliphatic carbocycles. The lowest BCUT2D eigenvalue weighted by molar-refractivity contribution is -0.134. The highest BCUT2D eigenvalue weighted by Gasteiger charge is 2.24. The SMILES string of the molecule is CCOc1cc(C#N)cc(Br)c1OCC(=O)N1CCC(COc2ccccc2)CC1. The van der Waals surface area contributed by atoms with Gasteiger partial charge in [-0.25, -0.2) is 0 Å². The molecular weight excluding hydrogens is 448 g/mol. The van der Waals surface area contributed by atoms with Crippen LogP contribution in [0.15, 0.2) is 46.9 Å². The van der Waals surface area contributed by atoms with E-state index in [1.807, 2.05) is 42.2 Å². The Bertz CT molecular complexity index is 890. The number of nitriles is 1. The van der Waals surface area contributed by atoms with Crippen LogP contribution in [0, 0.1) is 17.2 Å². The minimum Gasteiger partial charge on any atom is -0.493 e. The number of carbonyl (C=O) groups is 1. The Morgan fingerprint density at radius 2 is 1.90 bits per heavy atom. The first kappa shape index (κ1) is 22.0. The van der Waals surface area contributed by atoms with Gasteiger partial charge in [-0.05, 0) is 59.8 Å². The Hall–Kier alpha value is -2.72. The van der Waals surface area contributed by atoms with E-state index in [9.17, 15) is 4.79 Å². The molecule has 1 heterocycles. The molecule has 1 fully saturated rings. The number of carbonyl (C=O) groups excluding carboxylic acids is 1. The van der Waals surface area contributed by atoms with E-state index in [0.717, 1.165) is 18.6 Å². The summed E-state index contributed by atoms with van der Waals surface area (Å²) in [5.41, 5.74) is 0.462. The van der Waals surface area contributed by atoms with Gasteiger partial charge in [-0.15, -0.1) is 0 Å². The summed E-state index contributed by atoms with van der Waals surface area (Å²) < 4.78 is 17.8. The van der Waals surface area contributed by atoms with Crippen molar-refractivity contribution in [1.29, 1.82) is 5.26 Å². The predicted molar refractivity (Wildman–Crippen MR) is 117 cm³/mol. The Labute approximate surface area is 185 Å². The third-order valence-corrected chi connectivity index (χ3v) is 5.56. The van der Waals surface area contributed by atoms with Crippen molar-refractivity contribution in [3.05, 3.63) is 52.5 Å². The lowest BCUT2D eigenvalue weighted by atomic mass is 9.98. The van der Waals surface area contributed by atoms with Crippen molar-refractivity contribution in [2.24, 2.45) is 5.92 Å². The number of rotatable bonds is 8. The number of amides is 1. The molecule has 0 N–H and O–H groups in total. The van der Waals surface area contributed by atoms with Crippen molar-refractivity contribution in [2.75, 3.05) is 32.9 Å². The lowest BCUT2D eigenvalue weighted by Gasteiger charge is -2.32. The fourth-order valence-corrected chi connectivity index (χ4v) is 3.90. The summed E-state index contributed by atoms with van der Waals surface area (Å²) in [6.07, 6.45) is 1.81. The average molecular weight is 473 g/mol. The highest BCUT2D eigenvalue weighted by Crippen LogP contribution is 2.37. The number of benzene rings is 2. The summed E-state index contributed by atoms with van der Waals surface area (Å²) in [7, 11) is 0. The first-order chi connectivity index (χ1) is 14.6. The minimum absolute atomic E-state index is 0.0591. The monoisotopic (exact) mass is 472 g/mol. The van der Waals surface area contributed by atoms with Crippen molar-refractivity contribution < 1.29 is 19.0 Å². The fourth-order valence-electron chi connectivity index (χ4n) is 3.34. The maximum absolute atomic E-state index is 12.6. The molecule has 6 nitrogen and oxygen atoms in total. The third-order valence-electron chi connectivity index (χ3n) is 4.97. The zero-order valence-electron chi connectivity index (χ0n) is 17.0. The van der Waals surface area contributed by atoms with Gasteiger partial charge >= 0.3 is 0 Å². The molecule has 1 aliphatic rings. The highest BCUT2D eigenvalue weighted by molar-refractivity contribution is 9.10. The van der Waals surface area contributed by atoms with E-state index in [2.05, 4.69) is 22.0 Å². The number of piperidine rings is 1. The molecule has 0 unspecified atom stereocenters. The van der Waals surface area contributed by atoms with E-state index in [1.54, 1.807) is 12.1 Å². The van der Waals surface area contributed by atoms with Gasteiger partial charge in [0.05, 0.1) is 29.3 Å². The molecule has 2 aromatic rings. The molecular formula is C23H25BrN2O4. The van der Waals surface area contributed by atoms with Crippen LogP contribution in [0.5, 0.6) is 17.2 Å². The largest absolute Gasteiger partial charge is 0.493 e. The summed E-state index contributed by atoms with van der Waals surface area (Å²) in [4.78, 5) is 14.5. The number of nitrogens with zero attached hydrogens (tertiary/aromatic N) is 2. The van der Waals surface area contributed by atoms with E-state index in [1.165, 1.54) is 0 Å². The van der Waals surface area contributed by atoms with Gasteiger partial charge in [0.1, 0.15) is 5.75 Å². The number of likely N-dealkylation sites (tertiary alicyclic amines) is 1. The number of halogens is 1. The molecule has 0 radical (unpaired) electrons. The number of ether oxygens (including phenoxy) is 3.